The smallest absolute Gasteiger partial charge is 0.135 e. The van der Waals surface area contributed by atoms with Crippen molar-refractivity contribution >= 4 is 55.7 Å². The Balaban J connectivity index is 0.00000400. The van der Waals surface area contributed by atoms with E-state index in [0.29, 0.717) is 11.5 Å². The number of benzene rings is 5. The molecule has 0 bridgehead atoms. The fourth-order valence-corrected chi connectivity index (χ4v) is 7.01. The van der Waals surface area contributed by atoms with Gasteiger partial charge in [-0.3, -0.25) is 0 Å². The number of nitrogens with zero attached hydrogens (tertiary/aromatic N) is 4. The molecule has 0 aliphatic carbocycles. The van der Waals surface area contributed by atoms with Crippen LogP contribution in [0, 0.1) is 18.8 Å². The number of ether oxygens (including phenoxy) is 1. The van der Waals surface area contributed by atoms with Gasteiger partial charge in [-0.2, -0.15) is 12.1 Å². The summed E-state index contributed by atoms with van der Waals surface area (Å²) >= 11 is 0. The Morgan fingerprint density at radius 1 is 0.642 bits per heavy atom. The molecule has 0 spiro atoms. The van der Waals surface area contributed by atoms with E-state index in [2.05, 4.69) is 148 Å². The first kappa shape index (κ1) is 34.7. The molecule has 5 aromatic carbocycles. The molecule has 0 atom stereocenters. The van der Waals surface area contributed by atoms with Crippen molar-refractivity contribution in [2.75, 3.05) is 9.80 Å². The normalized spacial score (nSPS) is 13.2. The second-order valence-electron chi connectivity index (χ2n) is 15.5. The summed E-state index contributed by atoms with van der Waals surface area (Å²) in [6, 6.07) is 46.7. The van der Waals surface area contributed by atoms with E-state index in [0.717, 1.165) is 61.5 Å². The van der Waals surface area contributed by atoms with E-state index in [4.69, 9.17) is 14.1 Å². The van der Waals surface area contributed by atoms with E-state index >= 15 is 0 Å². The summed E-state index contributed by atoms with van der Waals surface area (Å²) in [5.41, 5.74) is 10.1. The summed E-state index contributed by atoms with van der Waals surface area (Å²) in [6.07, 6.45) is 1.96. The van der Waals surface area contributed by atoms with Gasteiger partial charge >= 0.3 is 0 Å². The number of aromatic nitrogens is 2. The van der Waals surface area contributed by atoms with E-state index in [9.17, 15) is 0 Å². The van der Waals surface area contributed by atoms with Crippen molar-refractivity contribution in [1.82, 2.24) is 9.55 Å². The van der Waals surface area contributed by atoms with Gasteiger partial charge in [0.1, 0.15) is 17.0 Å². The zero-order valence-electron chi connectivity index (χ0n) is 30.5. The van der Waals surface area contributed by atoms with Gasteiger partial charge in [0.2, 0.25) is 0 Å². The third kappa shape index (κ3) is 6.09. The summed E-state index contributed by atoms with van der Waals surface area (Å²) in [6.45, 7) is 15.4. The zero-order chi connectivity index (χ0) is 35.8. The molecule has 0 amide bonds. The molecule has 4 heterocycles. The summed E-state index contributed by atoms with van der Waals surface area (Å²) in [4.78, 5) is 9.33. The molecule has 7 heteroatoms. The standard InChI is InChI=1S/C46H39N4O2.Pt/c1-45(2,3)30-18-21-32(22-19-30)48-29-49(39-16-9-8-15-38(39)48)33-12-11-13-34(26-33)51-35-23-24-36-40(27-35)50(42-25-20-31(28-47-42)46(4,5)6)43-37-14-7-10-17-41(37)52-44(36)43;/h7-25,28-29H,1-6H3;/q-3;. The second-order valence-corrected chi connectivity index (χ2v) is 15.5. The number of hydrogen-bond donors (Lipinski definition) is 0. The zero-order valence-corrected chi connectivity index (χ0v) is 32.8. The molecule has 6 nitrogen and oxygen atoms in total. The van der Waals surface area contributed by atoms with Gasteiger partial charge in [0.15, 0.2) is 0 Å². The molecule has 0 radical (unpaired) electrons. The van der Waals surface area contributed by atoms with Crippen LogP contribution in [0.3, 0.4) is 0 Å². The number of hydrogen-bond acceptors (Lipinski definition) is 5. The Bertz CT molecular complexity index is 2610. The van der Waals surface area contributed by atoms with Crippen LogP contribution in [0.4, 0.5) is 22.7 Å². The summed E-state index contributed by atoms with van der Waals surface area (Å²) in [5, 5.41) is 1.96. The molecule has 53 heavy (non-hydrogen) atoms. The second kappa shape index (κ2) is 13.0. The van der Waals surface area contributed by atoms with Gasteiger partial charge < -0.3 is 23.5 Å². The monoisotopic (exact) mass is 874 g/mol. The van der Waals surface area contributed by atoms with Crippen molar-refractivity contribution in [3.8, 4) is 17.3 Å². The number of pyridine rings is 1. The van der Waals surface area contributed by atoms with Gasteiger partial charge in [0, 0.05) is 61.2 Å². The molecule has 8 aromatic rings. The van der Waals surface area contributed by atoms with Gasteiger partial charge in [0.05, 0.1) is 5.52 Å². The molecular weight excluding hydrogens is 836 g/mol. The van der Waals surface area contributed by atoms with Crippen LogP contribution in [0.2, 0.25) is 0 Å². The van der Waals surface area contributed by atoms with E-state index in [1.54, 1.807) is 0 Å². The van der Waals surface area contributed by atoms with E-state index < -0.39 is 0 Å². The topological polar surface area (TPSA) is 46.7 Å². The molecule has 0 saturated heterocycles. The largest absolute Gasteiger partial charge is 0.509 e. The number of para-hydroxylation sites is 3. The van der Waals surface area contributed by atoms with Crippen molar-refractivity contribution in [3.05, 3.63) is 151 Å². The minimum Gasteiger partial charge on any atom is -0.509 e. The average molecular weight is 875 g/mol. The molecule has 9 rings (SSSR count). The number of furan rings is 1. The van der Waals surface area contributed by atoms with Crippen LogP contribution in [-0.4, -0.2) is 9.55 Å². The number of fused-ring (bicyclic) bond motifs is 6. The maximum Gasteiger partial charge on any atom is 0.135 e. The number of anilines is 4. The molecule has 1 aliphatic rings. The van der Waals surface area contributed by atoms with Crippen LogP contribution in [0.1, 0.15) is 52.7 Å². The maximum absolute atomic E-state index is 6.52. The third-order valence-electron chi connectivity index (χ3n) is 9.88. The van der Waals surface area contributed by atoms with Crippen LogP contribution in [-0.2, 0) is 31.9 Å². The predicted molar refractivity (Wildman–Crippen MR) is 211 cm³/mol. The molecule has 0 saturated carbocycles. The number of rotatable bonds is 5. The summed E-state index contributed by atoms with van der Waals surface area (Å²) < 4.78 is 15.1. The minimum absolute atomic E-state index is 0. The van der Waals surface area contributed by atoms with E-state index in [1.165, 1.54) is 11.1 Å². The van der Waals surface area contributed by atoms with Crippen LogP contribution in [0.25, 0.3) is 38.8 Å². The molecule has 0 fully saturated rings. The fraction of sp³-hybridized carbons (Fsp3) is 0.174. The van der Waals surface area contributed by atoms with Crippen molar-refractivity contribution in [2.45, 2.75) is 52.4 Å². The van der Waals surface area contributed by atoms with Gasteiger partial charge in [-0.1, -0.05) is 94.9 Å². The van der Waals surface area contributed by atoms with Gasteiger partial charge in [0.25, 0.3) is 0 Å². The van der Waals surface area contributed by atoms with Crippen molar-refractivity contribution in [3.63, 3.8) is 0 Å². The van der Waals surface area contributed by atoms with Crippen molar-refractivity contribution in [1.29, 1.82) is 0 Å². The molecular formula is C46H39N4O2Pt-3. The Labute approximate surface area is 324 Å². The van der Waals surface area contributed by atoms with Crippen LogP contribution in [0.5, 0.6) is 11.5 Å². The van der Waals surface area contributed by atoms with Gasteiger partial charge in [-0.05, 0) is 64.4 Å². The molecule has 1 aliphatic heterocycles. The van der Waals surface area contributed by atoms with Gasteiger partial charge in [-0.15, -0.1) is 42.7 Å². The quantitative estimate of drug-likeness (QED) is 0.161. The minimum atomic E-state index is -0.00892. The Morgan fingerprint density at radius 2 is 1.32 bits per heavy atom. The predicted octanol–water partition coefficient (Wildman–Crippen LogP) is 12.3. The molecule has 0 unspecified atom stereocenters. The fourth-order valence-electron chi connectivity index (χ4n) is 7.01. The molecule has 268 valence electrons. The SMILES string of the molecule is CC(C)(C)c1ccc(N2[CH-]N(c3[c-]c(Oc4[c-]c5c(cc4)c4oc6ccccc6c4n5-c4ccc(C(C)(C)C)cn4)ccc3)c3ccccc32)cc1.[Pt]. The first-order chi connectivity index (χ1) is 25.0. The third-order valence-corrected chi connectivity index (χ3v) is 9.88. The average Bonchev–Trinajstić information content (AvgIpc) is 3.80. The Kier molecular flexibility index (Phi) is 8.50. The first-order valence-electron chi connectivity index (χ1n) is 17.7. The van der Waals surface area contributed by atoms with Crippen molar-refractivity contribution in [2.24, 2.45) is 0 Å². The first-order valence-corrected chi connectivity index (χ1v) is 17.7. The summed E-state index contributed by atoms with van der Waals surface area (Å²) in [7, 11) is 0. The van der Waals surface area contributed by atoms with Crippen LogP contribution < -0.4 is 14.5 Å². The molecule has 3 aromatic heterocycles. The Morgan fingerprint density at radius 3 is 2.04 bits per heavy atom. The van der Waals surface area contributed by atoms with E-state index in [-0.39, 0.29) is 31.9 Å². The van der Waals surface area contributed by atoms with Crippen LogP contribution >= 0.6 is 0 Å². The van der Waals surface area contributed by atoms with Crippen molar-refractivity contribution < 1.29 is 30.2 Å². The maximum atomic E-state index is 6.52. The van der Waals surface area contributed by atoms with E-state index in [1.807, 2.05) is 48.7 Å². The van der Waals surface area contributed by atoms with Crippen LogP contribution in [0.15, 0.2) is 126 Å². The Hall–Kier alpha value is -5.32. The summed E-state index contributed by atoms with van der Waals surface area (Å²) in [5.74, 6) is 1.96. The van der Waals surface area contributed by atoms with Gasteiger partial charge in [-0.25, -0.2) is 4.98 Å². The molecule has 0 N–H and O–H groups in total.